The minimum atomic E-state index is -1.26. The van der Waals surface area contributed by atoms with Crippen LogP contribution in [0.1, 0.15) is 12.8 Å². The first-order chi connectivity index (χ1) is 12.6. The molecule has 26 heavy (non-hydrogen) atoms. The van der Waals surface area contributed by atoms with Gasteiger partial charge in [0.25, 0.3) is 0 Å². The van der Waals surface area contributed by atoms with Gasteiger partial charge in [-0.15, -0.1) is 0 Å². The van der Waals surface area contributed by atoms with Gasteiger partial charge in [-0.3, -0.25) is 0 Å². The normalized spacial score (nSPS) is 15.7. The van der Waals surface area contributed by atoms with Crippen molar-refractivity contribution in [2.45, 2.75) is 18.9 Å². The van der Waals surface area contributed by atoms with E-state index < -0.39 is 17.4 Å². The molecule has 2 aromatic carbocycles. The summed E-state index contributed by atoms with van der Waals surface area (Å²) in [5, 5.41) is 14.7. The number of rotatable bonds is 3. The Morgan fingerprint density at radius 1 is 1.12 bits per heavy atom. The Morgan fingerprint density at radius 3 is 2.58 bits per heavy atom. The summed E-state index contributed by atoms with van der Waals surface area (Å²) >= 11 is 0. The Labute approximate surface area is 149 Å². The van der Waals surface area contributed by atoms with Crippen molar-refractivity contribution < 1.29 is 18.6 Å². The largest absolute Gasteiger partial charge is 0.505 e. The predicted molar refractivity (Wildman–Crippen MR) is 94.9 cm³/mol. The third-order valence-electron chi connectivity index (χ3n) is 4.93. The second-order valence-corrected chi connectivity index (χ2v) is 6.48. The molecule has 1 saturated heterocycles. The molecule has 1 aliphatic rings. The fourth-order valence-corrected chi connectivity index (χ4v) is 3.46. The lowest BCUT2D eigenvalue weighted by Gasteiger charge is -2.33. The van der Waals surface area contributed by atoms with E-state index in [1.54, 1.807) is 13.3 Å². The highest BCUT2D eigenvalue weighted by atomic mass is 19.2. The number of aromatic hydroxyl groups is 1. The van der Waals surface area contributed by atoms with E-state index in [4.69, 9.17) is 4.74 Å². The second-order valence-electron chi connectivity index (χ2n) is 6.48. The fraction of sp³-hybridized carbons (Fsp3) is 0.316. The molecule has 5 nitrogen and oxygen atoms in total. The average molecular weight is 359 g/mol. The predicted octanol–water partition coefficient (Wildman–Crippen LogP) is 3.62. The number of aromatic nitrogens is 2. The number of benzene rings is 2. The van der Waals surface area contributed by atoms with Crippen molar-refractivity contribution in [2.24, 2.45) is 0 Å². The lowest BCUT2D eigenvalue weighted by Crippen LogP contribution is -2.36. The van der Waals surface area contributed by atoms with Crippen LogP contribution in [0.2, 0.25) is 0 Å². The Balaban J connectivity index is 1.66. The van der Waals surface area contributed by atoms with Gasteiger partial charge in [0, 0.05) is 43.4 Å². The zero-order valence-corrected chi connectivity index (χ0v) is 14.3. The molecule has 0 amide bonds. The van der Waals surface area contributed by atoms with Gasteiger partial charge in [0.1, 0.15) is 0 Å². The van der Waals surface area contributed by atoms with Gasteiger partial charge in [0.2, 0.25) is 0 Å². The van der Waals surface area contributed by atoms with Crippen LogP contribution in [0.15, 0.2) is 36.5 Å². The molecule has 1 N–H and O–H groups in total. The van der Waals surface area contributed by atoms with Crippen molar-refractivity contribution in [2.75, 3.05) is 25.1 Å². The summed E-state index contributed by atoms with van der Waals surface area (Å²) in [6, 6.07) is 8.11. The molecule has 0 unspecified atom stereocenters. The highest BCUT2D eigenvalue weighted by Crippen LogP contribution is 2.29. The molecule has 0 radical (unpaired) electrons. The van der Waals surface area contributed by atoms with E-state index in [0.29, 0.717) is 6.10 Å². The molecule has 4 rings (SSSR count). The molecule has 0 bridgehead atoms. The molecule has 136 valence electrons. The summed E-state index contributed by atoms with van der Waals surface area (Å²) in [4.78, 5) is 2.30. The number of fused-ring (bicyclic) bond motifs is 1. The van der Waals surface area contributed by atoms with Crippen LogP contribution in [-0.4, -0.2) is 41.2 Å². The van der Waals surface area contributed by atoms with Crippen LogP contribution in [0, 0.1) is 11.6 Å². The van der Waals surface area contributed by atoms with E-state index in [2.05, 4.69) is 10.00 Å². The molecule has 0 atom stereocenters. The highest BCUT2D eigenvalue weighted by Gasteiger charge is 2.20. The number of methoxy groups -OCH3 is 1. The fourth-order valence-electron chi connectivity index (χ4n) is 3.46. The second kappa shape index (κ2) is 6.57. The topological polar surface area (TPSA) is 50.5 Å². The maximum Gasteiger partial charge on any atom is 0.200 e. The Kier molecular flexibility index (Phi) is 4.24. The quantitative estimate of drug-likeness (QED) is 0.776. The summed E-state index contributed by atoms with van der Waals surface area (Å²) in [7, 11) is 1.75. The smallest absolute Gasteiger partial charge is 0.200 e. The van der Waals surface area contributed by atoms with Crippen molar-refractivity contribution in [3.05, 3.63) is 48.2 Å². The zero-order valence-electron chi connectivity index (χ0n) is 14.3. The molecular formula is C19H19F2N3O2. The van der Waals surface area contributed by atoms with E-state index in [9.17, 15) is 13.9 Å². The number of piperidine rings is 1. The lowest BCUT2D eigenvalue weighted by atomic mass is 10.1. The minimum Gasteiger partial charge on any atom is -0.505 e. The van der Waals surface area contributed by atoms with Crippen LogP contribution < -0.4 is 4.90 Å². The van der Waals surface area contributed by atoms with E-state index in [1.165, 1.54) is 4.68 Å². The lowest BCUT2D eigenvalue weighted by molar-refractivity contribution is 0.0819. The number of nitrogens with zero attached hydrogens (tertiary/aromatic N) is 3. The minimum absolute atomic E-state index is 0.269. The number of hydrogen-bond donors (Lipinski definition) is 1. The first-order valence-corrected chi connectivity index (χ1v) is 8.50. The van der Waals surface area contributed by atoms with Gasteiger partial charge >= 0.3 is 0 Å². The molecule has 0 aliphatic carbocycles. The van der Waals surface area contributed by atoms with Crippen LogP contribution in [-0.2, 0) is 4.74 Å². The Bertz CT molecular complexity index is 926. The summed E-state index contributed by atoms with van der Waals surface area (Å²) in [6.45, 7) is 1.85. The summed E-state index contributed by atoms with van der Waals surface area (Å²) < 4.78 is 33.8. The van der Waals surface area contributed by atoms with Crippen molar-refractivity contribution in [1.29, 1.82) is 0 Å². The SMILES string of the molecule is COC1CCN(c2ccc3c(cnn3-c3cc(O)c(F)c(F)c3)c2)CC1. The van der Waals surface area contributed by atoms with E-state index in [0.717, 1.165) is 54.7 Å². The molecule has 7 heteroatoms. The zero-order chi connectivity index (χ0) is 18.3. The number of phenolic OH excluding ortho intramolecular Hbond substituents is 1. The molecule has 0 spiro atoms. The van der Waals surface area contributed by atoms with Crippen LogP contribution in [0.5, 0.6) is 5.75 Å². The third kappa shape index (κ3) is 2.88. The number of halogens is 2. The number of ether oxygens (including phenoxy) is 1. The molecule has 3 aromatic rings. The number of hydrogen-bond acceptors (Lipinski definition) is 4. The van der Waals surface area contributed by atoms with Gasteiger partial charge in [-0.2, -0.15) is 9.49 Å². The monoisotopic (exact) mass is 359 g/mol. The molecule has 0 saturated carbocycles. The number of phenols is 1. The van der Waals surface area contributed by atoms with Crippen molar-refractivity contribution in [3.63, 3.8) is 0 Å². The maximum absolute atomic E-state index is 13.6. The van der Waals surface area contributed by atoms with E-state index in [1.807, 2.05) is 18.2 Å². The van der Waals surface area contributed by atoms with Gasteiger partial charge in [0.15, 0.2) is 17.4 Å². The molecule has 2 heterocycles. The maximum atomic E-state index is 13.6. The molecular weight excluding hydrogens is 340 g/mol. The highest BCUT2D eigenvalue weighted by molar-refractivity contribution is 5.84. The van der Waals surface area contributed by atoms with E-state index >= 15 is 0 Å². The van der Waals surface area contributed by atoms with Gasteiger partial charge in [-0.05, 0) is 31.0 Å². The van der Waals surface area contributed by atoms with Crippen molar-refractivity contribution in [1.82, 2.24) is 9.78 Å². The summed E-state index contributed by atoms with van der Waals surface area (Å²) in [6.07, 6.45) is 3.97. The third-order valence-corrected chi connectivity index (χ3v) is 4.93. The molecule has 1 aromatic heterocycles. The van der Waals surface area contributed by atoms with Gasteiger partial charge < -0.3 is 14.7 Å². The van der Waals surface area contributed by atoms with Crippen LogP contribution in [0.3, 0.4) is 0 Å². The summed E-state index contributed by atoms with van der Waals surface area (Å²) in [5.41, 5.74) is 2.12. The van der Waals surface area contributed by atoms with Gasteiger partial charge in [0.05, 0.1) is 23.5 Å². The summed E-state index contributed by atoms with van der Waals surface area (Å²) in [5.74, 6) is -3.10. The Hall–Kier alpha value is -2.67. The van der Waals surface area contributed by atoms with Gasteiger partial charge in [-0.25, -0.2) is 9.07 Å². The first kappa shape index (κ1) is 16.8. The Morgan fingerprint density at radius 2 is 1.88 bits per heavy atom. The molecule has 1 fully saturated rings. The van der Waals surface area contributed by atoms with E-state index in [-0.39, 0.29) is 5.69 Å². The number of anilines is 1. The first-order valence-electron chi connectivity index (χ1n) is 8.50. The van der Waals surface area contributed by atoms with Crippen LogP contribution >= 0.6 is 0 Å². The average Bonchev–Trinajstić information content (AvgIpc) is 3.09. The van der Waals surface area contributed by atoms with Crippen LogP contribution in [0.25, 0.3) is 16.6 Å². The van der Waals surface area contributed by atoms with Gasteiger partial charge in [-0.1, -0.05) is 0 Å². The standard InChI is InChI=1S/C19H19F2N3O2/c1-26-15-4-6-23(7-5-15)13-2-3-17-12(8-13)11-22-24(17)14-9-16(20)19(21)18(25)10-14/h2-3,8-11,15,25H,4-7H2,1H3. The van der Waals surface area contributed by atoms with Crippen LogP contribution in [0.4, 0.5) is 14.5 Å². The molecule has 1 aliphatic heterocycles. The van der Waals surface area contributed by atoms with Crippen molar-refractivity contribution in [3.8, 4) is 11.4 Å². The van der Waals surface area contributed by atoms with Crippen molar-refractivity contribution >= 4 is 16.6 Å².